The molecule has 0 amide bonds. The third-order valence-corrected chi connectivity index (χ3v) is 1.64. The molecule has 0 atom stereocenters. The highest BCUT2D eigenvalue weighted by atomic mass is 16.4. The fourth-order valence-corrected chi connectivity index (χ4v) is 1.12. The normalized spacial score (nSPS) is 10.5. The average Bonchev–Trinajstić information content (AvgIpc) is 2.44. The molecule has 13 heavy (non-hydrogen) atoms. The Kier molecular flexibility index (Phi) is 1.73. The van der Waals surface area contributed by atoms with Crippen LogP contribution < -0.4 is 0 Å². The Morgan fingerprint density at radius 1 is 1.46 bits per heavy atom. The van der Waals surface area contributed by atoms with Gasteiger partial charge in [0, 0.05) is 0 Å². The number of carboxylic acids is 1. The topological polar surface area (TPSA) is 63.3 Å². The first-order chi connectivity index (χ1) is 6.25. The lowest BCUT2D eigenvalue weighted by Crippen LogP contribution is -1.99. The lowest BCUT2D eigenvalue weighted by atomic mass is 10.3. The molecule has 0 fully saturated rings. The van der Waals surface area contributed by atoms with Crippen molar-refractivity contribution in [3.8, 4) is 0 Å². The van der Waals surface area contributed by atoms with Crippen LogP contribution in [0.25, 0.3) is 11.1 Å². The highest BCUT2D eigenvalue weighted by Gasteiger charge is 2.07. The SMILES string of the molecule is O=C(O)Cc1nc2ccccc2o1. The summed E-state index contributed by atoms with van der Waals surface area (Å²) < 4.78 is 5.19. The van der Waals surface area contributed by atoms with Crippen LogP contribution in [0.15, 0.2) is 28.7 Å². The summed E-state index contributed by atoms with van der Waals surface area (Å²) >= 11 is 0. The van der Waals surface area contributed by atoms with Gasteiger partial charge in [0.15, 0.2) is 5.58 Å². The number of oxazole rings is 1. The summed E-state index contributed by atoms with van der Waals surface area (Å²) in [5.74, 6) is -0.694. The van der Waals surface area contributed by atoms with E-state index in [0.717, 1.165) is 0 Å². The zero-order chi connectivity index (χ0) is 9.26. The van der Waals surface area contributed by atoms with E-state index in [1.54, 1.807) is 12.1 Å². The first-order valence-corrected chi connectivity index (χ1v) is 3.82. The highest BCUT2D eigenvalue weighted by molar-refractivity contribution is 5.74. The zero-order valence-electron chi connectivity index (χ0n) is 6.73. The van der Waals surface area contributed by atoms with Gasteiger partial charge in [-0.3, -0.25) is 4.79 Å². The van der Waals surface area contributed by atoms with Gasteiger partial charge in [0.05, 0.1) is 0 Å². The molecular formula is C9H7NO3. The van der Waals surface area contributed by atoms with Gasteiger partial charge in [-0.25, -0.2) is 4.98 Å². The first kappa shape index (κ1) is 7.79. The quantitative estimate of drug-likeness (QED) is 0.754. The zero-order valence-corrected chi connectivity index (χ0v) is 6.73. The number of para-hydroxylation sites is 2. The lowest BCUT2D eigenvalue weighted by Gasteiger charge is -1.84. The van der Waals surface area contributed by atoms with Crippen LogP contribution in [0, 0.1) is 0 Å². The number of nitrogens with zero attached hydrogens (tertiary/aromatic N) is 1. The largest absolute Gasteiger partial charge is 0.481 e. The minimum atomic E-state index is -0.938. The molecule has 2 rings (SSSR count). The van der Waals surface area contributed by atoms with Crippen molar-refractivity contribution >= 4 is 17.1 Å². The van der Waals surface area contributed by atoms with E-state index in [-0.39, 0.29) is 12.3 Å². The molecule has 0 radical (unpaired) electrons. The Morgan fingerprint density at radius 2 is 2.23 bits per heavy atom. The Morgan fingerprint density at radius 3 is 2.92 bits per heavy atom. The van der Waals surface area contributed by atoms with E-state index in [2.05, 4.69) is 4.98 Å². The molecule has 0 aliphatic rings. The van der Waals surface area contributed by atoms with Crippen molar-refractivity contribution in [3.05, 3.63) is 30.2 Å². The van der Waals surface area contributed by atoms with E-state index in [9.17, 15) is 4.79 Å². The van der Waals surface area contributed by atoms with Crippen LogP contribution in [-0.2, 0) is 11.2 Å². The van der Waals surface area contributed by atoms with E-state index in [1.165, 1.54) is 0 Å². The van der Waals surface area contributed by atoms with Gasteiger partial charge in [0.25, 0.3) is 0 Å². The maximum Gasteiger partial charge on any atom is 0.312 e. The summed E-state index contributed by atoms with van der Waals surface area (Å²) in [6.07, 6.45) is -0.172. The molecule has 1 N–H and O–H groups in total. The first-order valence-electron chi connectivity index (χ1n) is 3.82. The Bertz CT molecular complexity index is 414. The minimum Gasteiger partial charge on any atom is -0.481 e. The van der Waals surface area contributed by atoms with Crippen molar-refractivity contribution in [3.63, 3.8) is 0 Å². The molecule has 0 unspecified atom stereocenters. The molecule has 0 aliphatic heterocycles. The standard InChI is InChI=1S/C9H7NO3/c11-9(12)5-8-10-6-3-1-2-4-7(6)13-8/h1-4H,5H2,(H,11,12). The number of hydrogen-bond acceptors (Lipinski definition) is 3. The van der Waals surface area contributed by atoms with Crippen LogP contribution >= 0.6 is 0 Å². The van der Waals surface area contributed by atoms with Crippen molar-refractivity contribution in [1.82, 2.24) is 4.98 Å². The third kappa shape index (κ3) is 1.51. The summed E-state index contributed by atoms with van der Waals surface area (Å²) in [5.41, 5.74) is 1.32. The number of benzene rings is 1. The molecular weight excluding hydrogens is 170 g/mol. The number of carboxylic acid groups (broad SMARTS) is 1. The second kappa shape index (κ2) is 2.90. The van der Waals surface area contributed by atoms with E-state index in [1.807, 2.05) is 12.1 Å². The fraction of sp³-hybridized carbons (Fsp3) is 0.111. The van der Waals surface area contributed by atoms with E-state index < -0.39 is 5.97 Å². The second-order valence-electron chi connectivity index (χ2n) is 2.65. The molecule has 4 nitrogen and oxygen atoms in total. The molecule has 0 bridgehead atoms. The molecule has 2 aromatic rings. The smallest absolute Gasteiger partial charge is 0.312 e. The number of hydrogen-bond donors (Lipinski definition) is 1. The van der Waals surface area contributed by atoms with Crippen LogP contribution in [0.2, 0.25) is 0 Å². The molecule has 1 aromatic heterocycles. The molecule has 0 saturated heterocycles. The van der Waals surface area contributed by atoms with Gasteiger partial charge >= 0.3 is 5.97 Å². The number of aromatic nitrogens is 1. The molecule has 1 aromatic carbocycles. The maximum atomic E-state index is 10.3. The number of rotatable bonds is 2. The Labute approximate surface area is 73.8 Å². The lowest BCUT2D eigenvalue weighted by molar-refractivity contribution is -0.136. The van der Waals surface area contributed by atoms with Gasteiger partial charge in [-0.15, -0.1) is 0 Å². The van der Waals surface area contributed by atoms with E-state index in [4.69, 9.17) is 9.52 Å². The van der Waals surface area contributed by atoms with E-state index in [0.29, 0.717) is 11.1 Å². The Hall–Kier alpha value is -1.84. The molecule has 4 heteroatoms. The van der Waals surface area contributed by atoms with Crippen molar-refractivity contribution in [2.24, 2.45) is 0 Å². The van der Waals surface area contributed by atoms with Crippen LogP contribution in [0.4, 0.5) is 0 Å². The van der Waals surface area contributed by atoms with Gasteiger partial charge in [-0.2, -0.15) is 0 Å². The summed E-state index contributed by atoms with van der Waals surface area (Å²) in [7, 11) is 0. The predicted molar refractivity (Wildman–Crippen MR) is 45.3 cm³/mol. The molecule has 0 spiro atoms. The van der Waals surface area contributed by atoms with Crippen molar-refractivity contribution in [1.29, 1.82) is 0 Å². The highest BCUT2D eigenvalue weighted by Crippen LogP contribution is 2.14. The molecule has 0 saturated carbocycles. The van der Waals surface area contributed by atoms with Gasteiger partial charge in [0.1, 0.15) is 11.9 Å². The average molecular weight is 177 g/mol. The number of aliphatic carboxylic acids is 1. The summed E-state index contributed by atoms with van der Waals surface area (Å²) in [5, 5.41) is 8.49. The Balaban J connectivity index is 2.44. The number of carbonyl (C=O) groups is 1. The fourth-order valence-electron chi connectivity index (χ4n) is 1.12. The molecule has 66 valence electrons. The summed E-state index contributed by atoms with van der Waals surface area (Å²) in [6.45, 7) is 0. The van der Waals surface area contributed by atoms with Gasteiger partial charge in [-0.1, -0.05) is 12.1 Å². The van der Waals surface area contributed by atoms with Gasteiger partial charge in [-0.05, 0) is 12.1 Å². The van der Waals surface area contributed by atoms with Crippen molar-refractivity contribution in [2.75, 3.05) is 0 Å². The van der Waals surface area contributed by atoms with Crippen LogP contribution in [0.1, 0.15) is 5.89 Å². The van der Waals surface area contributed by atoms with Crippen LogP contribution in [-0.4, -0.2) is 16.1 Å². The van der Waals surface area contributed by atoms with E-state index >= 15 is 0 Å². The van der Waals surface area contributed by atoms with Crippen LogP contribution in [0.5, 0.6) is 0 Å². The van der Waals surface area contributed by atoms with Crippen LogP contribution in [0.3, 0.4) is 0 Å². The van der Waals surface area contributed by atoms with Crippen molar-refractivity contribution < 1.29 is 14.3 Å². The third-order valence-electron chi connectivity index (χ3n) is 1.64. The minimum absolute atomic E-state index is 0.172. The maximum absolute atomic E-state index is 10.3. The molecule has 1 heterocycles. The predicted octanol–water partition coefficient (Wildman–Crippen LogP) is 1.45. The van der Waals surface area contributed by atoms with Gasteiger partial charge < -0.3 is 9.52 Å². The monoisotopic (exact) mass is 177 g/mol. The number of fused-ring (bicyclic) bond motifs is 1. The summed E-state index contributed by atoms with van der Waals surface area (Å²) in [6, 6.07) is 7.19. The second-order valence-corrected chi connectivity index (χ2v) is 2.65. The molecule has 0 aliphatic carbocycles. The van der Waals surface area contributed by atoms with Crippen molar-refractivity contribution in [2.45, 2.75) is 6.42 Å². The van der Waals surface area contributed by atoms with Gasteiger partial charge in [0.2, 0.25) is 5.89 Å². The summed E-state index contributed by atoms with van der Waals surface area (Å²) in [4.78, 5) is 14.4.